The van der Waals surface area contributed by atoms with Gasteiger partial charge in [0, 0.05) is 43.3 Å². The van der Waals surface area contributed by atoms with Crippen molar-refractivity contribution in [2.45, 2.75) is 0 Å². The van der Waals surface area contributed by atoms with Gasteiger partial charge in [-0.3, -0.25) is 9.59 Å². The number of H-pyrrole nitrogens is 2. The van der Waals surface area contributed by atoms with E-state index in [1.807, 2.05) is 24.3 Å². The molecule has 0 saturated carbocycles. The predicted molar refractivity (Wildman–Crippen MR) is 113 cm³/mol. The van der Waals surface area contributed by atoms with E-state index < -0.39 is 0 Å². The van der Waals surface area contributed by atoms with Gasteiger partial charge in [-0.25, -0.2) is 0 Å². The molecule has 1 saturated heterocycles. The molecule has 0 aliphatic carbocycles. The maximum absolute atomic E-state index is 13.0. The first-order chi connectivity index (χ1) is 14.1. The number of benzene rings is 2. The fourth-order valence-corrected chi connectivity index (χ4v) is 4.11. The van der Waals surface area contributed by atoms with Crippen LogP contribution in [-0.2, 0) is 0 Å². The van der Waals surface area contributed by atoms with Crippen molar-refractivity contribution in [1.82, 2.24) is 19.8 Å². The van der Waals surface area contributed by atoms with E-state index in [1.54, 1.807) is 22.1 Å². The molecule has 3 heterocycles. The number of fused-ring (bicyclic) bond motifs is 3. The van der Waals surface area contributed by atoms with Gasteiger partial charge in [-0.1, -0.05) is 41.9 Å². The minimum atomic E-state index is -0.0962. The number of aromatic nitrogens is 2. The Morgan fingerprint density at radius 3 is 2.21 bits per heavy atom. The summed E-state index contributed by atoms with van der Waals surface area (Å²) in [6.45, 7) is 1.97. The molecule has 7 heteroatoms. The van der Waals surface area contributed by atoms with E-state index in [4.69, 9.17) is 11.6 Å². The second-order valence-corrected chi connectivity index (χ2v) is 7.68. The van der Waals surface area contributed by atoms with E-state index in [0.717, 1.165) is 21.7 Å². The Morgan fingerprint density at radius 1 is 0.828 bits per heavy atom. The number of hydrogen-bond acceptors (Lipinski definition) is 2. The highest BCUT2D eigenvalue weighted by molar-refractivity contribution is 6.31. The second-order valence-electron chi connectivity index (χ2n) is 7.25. The number of aromatic amines is 2. The molecule has 5 rings (SSSR count). The molecule has 0 unspecified atom stereocenters. The van der Waals surface area contributed by atoms with Gasteiger partial charge in [-0.15, -0.1) is 0 Å². The Morgan fingerprint density at radius 2 is 1.52 bits per heavy atom. The van der Waals surface area contributed by atoms with Crippen LogP contribution in [-0.4, -0.2) is 57.8 Å². The number of amides is 2. The molecule has 4 aromatic rings. The van der Waals surface area contributed by atoms with E-state index in [-0.39, 0.29) is 11.8 Å². The summed E-state index contributed by atoms with van der Waals surface area (Å²) in [5, 5.41) is 3.83. The van der Waals surface area contributed by atoms with Gasteiger partial charge in [0.25, 0.3) is 11.8 Å². The van der Waals surface area contributed by atoms with Crippen LogP contribution in [0.4, 0.5) is 0 Å². The minimum Gasteiger partial charge on any atom is -0.356 e. The third-order valence-electron chi connectivity index (χ3n) is 5.49. The lowest BCUT2D eigenvalue weighted by atomic mass is 10.1. The van der Waals surface area contributed by atoms with Gasteiger partial charge in [0.15, 0.2) is 0 Å². The summed E-state index contributed by atoms with van der Waals surface area (Å²) in [7, 11) is 0. The van der Waals surface area contributed by atoms with Crippen LogP contribution < -0.4 is 0 Å². The molecular formula is C22H19ClN4O2. The fraction of sp³-hybridized carbons (Fsp3) is 0.182. The summed E-state index contributed by atoms with van der Waals surface area (Å²) >= 11 is 5.89. The van der Waals surface area contributed by atoms with Crippen LogP contribution in [0.3, 0.4) is 0 Å². The third kappa shape index (κ3) is 3.15. The lowest BCUT2D eigenvalue weighted by Crippen LogP contribution is -2.50. The normalized spacial score (nSPS) is 14.7. The van der Waals surface area contributed by atoms with Crippen LogP contribution in [0.15, 0.2) is 54.7 Å². The zero-order valence-electron chi connectivity index (χ0n) is 15.6. The molecule has 29 heavy (non-hydrogen) atoms. The van der Waals surface area contributed by atoms with Crippen molar-refractivity contribution in [1.29, 1.82) is 0 Å². The number of carbonyl (C=O) groups is 2. The molecule has 0 spiro atoms. The molecule has 2 aromatic heterocycles. The second kappa shape index (κ2) is 6.97. The number of carbonyl (C=O) groups excluding carboxylic acids is 2. The average molecular weight is 407 g/mol. The maximum Gasteiger partial charge on any atom is 0.270 e. The first-order valence-electron chi connectivity index (χ1n) is 9.53. The summed E-state index contributed by atoms with van der Waals surface area (Å²) in [5.41, 5.74) is 1.99. The van der Waals surface area contributed by atoms with E-state index in [2.05, 4.69) is 28.2 Å². The summed E-state index contributed by atoms with van der Waals surface area (Å²) in [6, 6.07) is 15.8. The highest BCUT2D eigenvalue weighted by atomic mass is 35.5. The van der Waals surface area contributed by atoms with Crippen LogP contribution in [0.5, 0.6) is 0 Å². The quantitative estimate of drug-likeness (QED) is 0.530. The largest absolute Gasteiger partial charge is 0.356 e. The molecule has 146 valence electrons. The zero-order valence-corrected chi connectivity index (χ0v) is 16.4. The Labute approximate surface area is 172 Å². The Hall–Kier alpha value is -3.25. The summed E-state index contributed by atoms with van der Waals surface area (Å²) in [6.07, 6.45) is 1.59. The first kappa shape index (κ1) is 17.8. The van der Waals surface area contributed by atoms with E-state index in [1.165, 1.54) is 0 Å². The van der Waals surface area contributed by atoms with E-state index >= 15 is 0 Å². The monoisotopic (exact) mass is 406 g/mol. The topological polar surface area (TPSA) is 72.2 Å². The molecule has 2 amide bonds. The van der Waals surface area contributed by atoms with Gasteiger partial charge in [-0.2, -0.15) is 0 Å². The molecule has 2 N–H and O–H groups in total. The van der Waals surface area contributed by atoms with E-state index in [0.29, 0.717) is 42.6 Å². The highest BCUT2D eigenvalue weighted by Crippen LogP contribution is 2.26. The Bertz CT molecular complexity index is 1230. The maximum atomic E-state index is 13.0. The Balaban J connectivity index is 1.33. The fourth-order valence-electron chi connectivity index (χ4n) is 3.95. The first-order valence-corrected chi connectivity index (χ1v) is 9.91. The lowest BCUT2D eigenvalue weighted by Gasteiger charge is -2.34. The van der Waals surface area contributed by atoms with Gasteiger partial charge >= 0.3 is 0 Å². The third-order valence-corrected chi connectivity index (χ3v) is 5.71. The van der Waals surface area contributed by atoms with Gasteiger partial charge in [0.1, 0.15) is 11.4 Å². The molecule has 6 nitrogen and oxygen atoms in total. The molecular weight excluding hydrogens is 388 g/mol. The molecule has 2 aromatic carbocycles. The van der Waals surface area contributed by atoms with Crippen LogP contribution >= 0.6 is 11.6 Å². The average Bonchev–Trinajstić information content (AvgIpc) is 3.39. The van der Waals surface area contributed by atoms with Crippen LogP contribution in [0.25, 0.3) is 21.7 Å². The van der Waals surface area contributed by atoms with Crippen LogP contribution in [0.2, 0.25) is 5.02 Å². The Kier molecular flexibility index (Phi) is 4.28. The molecule has 0 radical (unpaired) electrons. The molecule has 1 fully saturated rings. The van der Waals surface area contributed by atoms with Crippen molar-refractivity contribution in [2.24, 2.45) is 0 Å². The molecule has 0 bridgehead atoms. The van der Waals surface area contributed by atoms with Crippen molar-refractivity contribution in [3.8, 4) is 0 Å². The predicted octanol–water partition coefficient (Wildman–Crippen LogP) is 3.90. The molecule has 0 atom stereocenters. The van der Waals surface area contributed by atoms with Crippen molar-refractivity contribution in [3.63, 3.8) is 0 Å². The standard InChI is InChI=1S/C22H19ClN4O2/c23-15-11-19(24-13-15)21(28)26-7-9-27(10-8-26)22(29)20-12-17-16-4-2-1-3-14(16)5-6-18(17)25-20/h1-6,11-13,24-25H,7-10H2. The smallest absolute Gasteiger partial charge is 0.270 e. The van der Waals surface area contributed by atoms with Crippen molar-refractivity contribution < 1.29 is 9.59 Å². The number of piperazine rings is 1. The lowest BCUT2D eigenvalue weighted by molar-refractivity contribution is 0.0530. The molecule has 1 aliphatic heterocycles. The van der Waals surface area contributed by atoms with Crippen LogP contribution in [0, 0.1) is 0 Å². The minimum absolute atomic E-state index is 0.0414. The highest BCUT2D eigenvalue weighted by Gasteiger charge is 2.27. The number of rotatable bonds is 2. The zero-order chi connectivity index (χ0) is 20.0. The number of nitrogens with one attached hydrogen (secondary N) is 2. The van der Waals surface area contributed by atoms with Crippen molar-refractivity contribution in [3.05, 3.63) is 71.1 Å². The number of nitrogens with zero attached hydrogens (tertiary/aromatic N) is 2. The van der Waals surface area contributed by atoms with Crippen molar-refractivity contribution >= 4 is 45.1 Å². The summed E-state index contributed by atoms with van der Waals surface area (Å²) < 4.78 is 0. The van der Waals surface area contributed by atoms with Crippen molar-refractivity contribution in [2.75, 3.05) is 26.2 Å². The van der Waals surface area contributed by atoms with Gasteiger partial charge in [-0.05, 0) is 29.0 Å². The van der Waals surface area contributed by atoms with Crippen LogP contribution in [0.1, 0.15) is 21.0 Å². The number of halogens is 1. The number of hydrogen-bond donors (Lipinski definition) is 2. The van der Waals surface area contributed by atoms with Gasteiger partial charge < -0.3 is 19.8 Å². The summed E-state index contributed by atoms with van der Waals surface area (Å²) in [5.74, 6) is -0.138. The SMILES string of the molecule is O=C(c1cc(Cl)c[nH]1)N1CCN(C(=O)c2cc3c(ccc4ccccc43)[nH]2)CC1. The summed E-state index contributed by atoms with van der Waals surface area (Å²) in [4.78, 5) is 35.2. The van der Waals surface area contributed by atoms with Gasteiger partial charge in [0.2, 0.25) is 0 Å². The van der Waals surface area contributed by atoms with Gasteiger partial charge in [0.05, 0.1) is 5.02 Å². The molecule has 1 aliphatic rings. The van der Waals surface area contributed by atoms with E-state index in [9.17, 15) is 9.59 Å².